The largest absolute Gasteiger partial charge is 0.382 e. The molecule has 0 aromatic carbocycles. The van der Waals surface area contributed by atoms with Crippen molar-refractivity contribution < 1.29 is 0 Å². The summed E-state index contributed by atoms with van der Waals surface area (Å²) < 4.78 is 1.51. The standard InChI is InChI=1S/C15H19N7O/c1-2-3-7-18-14-20-12(16)11-13(21-14)22(15(23)19-11)9-10-6-4-5-8-17-10/h4-6,8H,2-3,7,9H2,1H3,(H,19,23)(H3,16,18,20,21). The first-order chi connectivity index (χ1) is 11.2. The summed E-state index contributed by atoms with van der Waals surface area (Å²) in [5.74, 6) is 0.683. The van der Waals surface area contributed by atoms with E-state index in [1.54, 1.807) is 6.20 Å². The molecule has 3 aromatic rings. The van der Waals surface area contributed by atoms with Gasteiger partial charge in [0.05, 0.1) is 12.2 Å². The number of aromatic amines is 1. The van der Waals surface area contributed by atoms with Gasteiger partial charge in [0.1, 0.15) is 5.52 Å². The Labute approximate surface area is 132 Å². The van der Waals surface area contributed by atoms with Gasteiger partial charge in [0, 0.05) is 12.7 Å². The van der Waals surface area contributed by atoms with Gasteiger partial charge in [-0.1, -0.05) is 19.4 Å². The van der Waals surface area contributed by atoms with Crippen LogP contribution in [0, 0.1) is 0 Å². The number of fused-ring (bicyclic) bond motifs is 1. The van der Waals surface area contributed by atoms with Gasteiger partial charge in [-0.3, -0.25) is 9.55 Å². The van der Waals surface area contributed by atoms with Crippen LogP contribution in [0.4, 0.5) is 11.8 Å². The fraction of sp³-hybridized carbons (Fsp3) is 0.333. The third-order valence-corrected chi connectivity index (χ3v) is 3.51. The molecule has 23 heavy (non-hydrogen) atoms. The zero-order valence-corrected chi connectivity index (χ0v) is 12.9. The predicted octanol–water partition coefficient (Wildman–Crippen LogP) is 1.36. The third kappa shape index (κ3) is 3.15. The molecule has 3 heterocycles. The highest BCUT2D eigenvalue weighted by molar-refractivity contribution is 5.82. The number of imidazole rings is 1. The van der Waals surface area contributed by atoms with Crippen LogP contribution in [0.15, 0.2) is 29.2 Å². The fourth-order valence-corrected chi connectivity index (χ4v) is 2.31. The second-order valence-corrected chi connectivity index (χ2v) is 5.25. The van der Waals surface area contributed by atoms with E-state index in [0.29, 0.717) is 23.7 Å². The molecule has 0 amide bonds. The van der Waals surface area contributed by atoms with Gasteiger partial charge in [-0.05, 0) is 18.6 Å². The lowest BCUT2D eigenvalue weighted by molar-refractivity contribution is 0.756. The number of hydrogen-bond acceptors (Lipinski definition) is 6. The number of H-pyrrole nitrogens is 1. The van der Waals surface area contributed by atoms with Crippen molar-refractivity contribution in [3.05, 3.63) is 40.6 Å². The molecular weight excluding hydrogens is 294 g/mol. The van der Waals surface area contributed by atoms with Crippen LogP contribution in [0.2, 0.25) is 0 Å². The second-order valence-electron chi connectivity index (χ2n) is 5.25. The quantitative estimate of drug-likeness (QED) is 0.592. The molecule has 3 aromatic heterocycles. The molecule has 0 bridgehead atoms. The molecule has 0 saturated heterocycles. The molecule has 3 rings (SSSR count). The van der Waals surface area contributed by atoms with Crippen molar-refractivity contribution in [2.24, 2.45) is 0 Å². The molecule has 0 saturated carbocycles. The molecule has 0 radical (unpaired) electrons. The maximum absolute atomic E-state index is 12.2. The number of nitrogens with zero attached hydrogens (tertiary/aromatic N) is 4. The Hall–Kier alpha value is -2.90. The Morgan fingerprint density at radius 2 is 2.22 bits per heavy atom. The smallest absolute Gasteiger partial charge is 0.328 e. The Bertz CT molecular complexity index is 853. The summed E-state index contributed by atoms with van der Waals surface area (Å²) in [5.41, 5.74) is 7.37. The number of pyridine rings is 1. The normalized spacial score (nSPS) is 11.0. The first-order valence-electron chi connectivity index (χ1n) is 7.59. The minimum absolute atomic E-state index is 0.255. The van der Waals surface area contributed by atoms with E-state index < -0.39 is 0 Å². The Morgan fingerprint density at radius 3 is 2.96 bits per heavy atom. The first-order valence-corrected chi connectivity index (χ1v) is 7.59. The van der Waals surface area contributed by atoms with Gasteiger partial charge < -0.3 is 16.0 Å². The van der Waals surface area contributed by atoms with Crippen LogP contribution in [-0.4, -0.2) is 31.0 Å². The lowest BCUT2D eigenvalue weighted by atomic mass is 10.3. The van der Waals surface area contributed by atoms with Crippen molar-refractivity contribution in [3.8, 4) is 0 Å². The number of anilines is 2. The number of rotatable bonds is 6. The molecule has 0 unspecified atom stereocenters. The topological polar surface area (TPSA) is 115 Å². The molecule has 120 valence electrons. The van der Waals surface area contributed by atoms with Crippen molar-refractivity contribution in [2.45, 2.75) is 26.3 Å². The summed E-state index contributed by atoms with van der Waals surface area (Å²) in [5, 5.41) is 3.13. The van der Waals surface area contributed by atoms with E-state index in [-0.39, 0.29) is 11.5 Å². The van der Waals surface area contributed by atoms with E-state index in [1.807, 2.05) is 18.2 Å². The van der Waals surface area contributed by atoms with Crippen LogP contribution in [-0.2, 0) is 6.54 Å². The van der Waals surface area contributed by atoms with Crippen LogP contribution < -0.4 is 16.7 Å². The van der Waals surface area contributed by atoms with Crippen LogP contribution in [0.3, 0.4) is 0 Å². The fourth-order valence-electron chi connectivity index (χ4n) is 2.31. The molecule has 0 aliphatic rings. The summed E-state index contributed by atoms with van der Waals surface area (Å²) in [7, 11) is 0. The Morgan fingerprint density at radius 1 is 1.35 bits per heavy atom. The molecule has 0 spiro atoms. The number of hydrogen-bond donors (Lipinski definition) is 3. The van der Waals surface area contributed by atoms with Gasteiger partial charge in [-0.2, -0.15) is 9.97 Å². The van der Waals surface area contributed by atoms with E-state index in [2.05, 4.69) is 32.2 Å². The van der Waals surface area contributed by atoms with Crippen LogP contribution in [0.25, 0.3) is 11.2 Å². The summed E-state index contributed by atoms with van der Waals surface area (Å²) >= 11 is 0. The van der Waals surface area contributed by atoms with Gasteiger partial charge in [-0.15, -0.1) is 0 Å². The second kappa shape index (κ2) is 6.47. The van der Waals surface area contributed by atoms with E-state index in [9.17, 15) is 4.79 Å². The molecule has 0 atom stereocenters. The molecule has 0 fully saturated rings. The van der Waals surface area contributed by atoms with Crippen molar-refractivity contribution >= 4 is 22.9 Å². The summed E-state index contributed by atoms with van der Waals surface area (Å²) in [6.45, 7) is 3.19. The first kappa shape index (κ1) is 15.0. The highest BCUT2D eigenvalue weighted by Crippen LogP contribution is 2.17. The monoisotopic (exact) mass is 313 g/mol. The third-order valence-electron chi connectivity index (χ3n) is 3.51. The van der Waals surface area contributed by atoms with E-state index in [4.69, 9.17) is 5.73 Å². The van der Waals surface area contributed by atoms with Gasteiger partial charge in [-0.25, -0.2) is 4.79 Å². The van der Waals surface area contributed by atoms with Crippen LogP contribution >= 0.6 is 0 Å². The zero-order chi connectivity index (χ0) is 16.2. The maximum Gasteiger partial charge on any atom is 0.328 e. The maximum atomic E-state index is 12.2. The van der Waals surface area contributed by atoms with E-state index >= 15 is 0 Å². The number of nitrogens with one attached hydrogen (secondary N) is 2. The van der Waals surface area contributed by atoms with Crippen molar-refractivity contribution in [1.82, 2.24) is 24.5 Å². The molecule has 0 aliphatic heterocycles. The minimum atomic E-state index is -0.280. The molecule has 8 nitrogen and oxygen atoms in total. The van der Waals surface area contributed by atoms with E-state index in [1.165, 1.54) is 4.57 Å². The Balaban J connectivity index is 2.00. The zero-order valence-electron chi connectivity index (χ0n) is 12.9. The summed E-state index contributed by atoms with van der Waals surface area (Å²) in [4.78, 5) is 27.8. The number of nitrogens with two attached hydrogens (primary N) is 1. The Kier molecular flexibility index (Phi) is 4.22. The SMILES string of the molecule is CCCCNc1nc(N)c2[nH]c(=O)n(Cc3ccccn3)c2n1. The average molecular weight is 313 g/mol. The van der Waals surface area contributed by atoms with Crippen LogP contribution in [0.5, 0.6) is 0 Å². The van der Waals surface area contributed by atoms with Crippen molar-refractivity contribution in [2.75, 3.05) is 17.6 Å². The summed E-state index contributed by atoms with van der Waals surface area (Å²) in [6, 6.07) is 5.57. The molecule has 0 aliphatic carbocycles. The van der Waals surface area contributed by atoms with Crippen LogP contribution in [0.1, 0.15) is 25.5 Å². The molecular formula is C15H19N7O. The average Bonchev–Trinajstić information content (AvgIpc) is 2.86. The van der Waals surface area contributed by atoms with Gasteiger partial charge in [0.25, 0.3) is 0 Å². The number of aromatic nitrogens is 5. The van der Waals surface area contributed by atoms with Gasteiger partial charge in [0.15, 0.2) is 11.5 Å². The van der Waals surface area contributed by atoms with E-state index in [0.717, 1.165) is 25.1 Å². The number of unbranched alkanes of at least 4 members (excludes halogenated alkanes) is 1. The highest BCUT2D eigenvalue weighted by atomic mass is 16.1. The lowest BCUT2D eigenvalue weighted by Crippen LogP contribution is -2.18. The van der Waals surface area contributed by atoms with Gasteiger partial charge >= 0.3 is 5.69 Å². The lowest BCUT2D eigenvalue weighted by Gasteiger charge is -2.07. The predicted molar refractivity (Wildman–Crippen MR) is 89.3 cm³/mol. The number of nitrogen functional groups attached to an aromatic ring is 1. The van der Waals surface area contributed by atoms with Gasteiger partial charge in [0.2, 0.25) is 5.95 Å². The molecule has 8 heteroatoms. The van der Waals surface area contributed by atoms with Crippen molar-refractivity contribution in [3.63, 3.8) is 0 Å². The minimum Gasteiger partial charge on any atom is -0.382 e. The highest BCUT2D eigenvalue weighted by Gasteiger charge is 2.14. The molecule has 4 N–H and O–H groups in total. The summed E-state index contributed by atoms with van der Waals surface area (Å²) in [6.07, 6.45) is 3.77. The van der Waals surface area contributed by atoms with Crippen molar-refractivity contribution in [1.29, 1.82) is 0 Å².